The molecule has 1 aromatic carbocycles. The van der Waals surface area contributed by atoms with Crippen LogP contribution in [0.25, 0.3) is 10.2 Å². The quantitative estimate of drug-likeness (QED) is 0.732. The SMILES string of the molecule is Cc1c(C(=O)Nc2ccc3scnc3c2)nnn1C1CCNCC1.Cl. The number of carbonyl (C=O) groups is 1. The highest BCUT2D eigenvalue weighted by molar-refractivity contribution is 7.16. The zero-order valence-electron chi connectivity index (χ0n) is 13.7. The summed E-state index contributed by atoms with van der Waals surface area (Å²) in [5.41, 5.74) is 4.59. The van der Waals surface area contributed by atoms with Crippen molar-refractivity contribution in [3.8, 4) is 0 Å². The zero-order valence-corrected chi connectivity index (χ0v) is 15.4. The highest BCUT2D eigenvalue weighted by Crippen LogP contribution is 2.23. The van der Waals surface area contributed by atoms with Crippen molar-refractivity contribution in [2.24, 2.45) is 0 Å². The largest absolute Gasteiger partial charge is 0.320 e. The van der Waals surface area contributed by atoms with Crippen molar-refractivity contribution < 1.29 is 4.79 Å². The molecule has 0 radical (unpaired) electrons. The van der Waals surface area contributed by atoms with Crippen molar-refractivity contribution in [3.63, 3.8) is 0 Å². The van der Waals surface area contributed by atoms with E-state index in [1.165, 1.54) is 0 Å². The molecule has 25 heavy (non-hydrogen) atoms. The normalized spacial score (nSPS) is 15.1. The molecular formula is C16H19ClN6OS. The molecular weight excluding hydrogens is 360 g/mol. The molecule has 1 aliphatic rings. The molecule has 2 aromatic heterocycles. The van der Waals surface area contributed by atoms with Gasteiger partial charge in [-0.3, -0.25) is 4.79 Å². The predicted octanol–water partition coefficient (Wildman–Crippen LogP) is 2.79. The summed E-state index contributed by atoms with van der Waals surface area (Å²) in [4.78, 5) is 16.8. The fourth-order valence-corrected chi connectivity index (χ4v) is 3.73. The Morgan fingerprint density at radius 2 is 2.16 bits per heavy atom. The Bertz CT molecular complexity index is 886. The van der Waals surface area contributed by atoms with Crippen LogP contribution in [-0.4, -0.2) is 39.0 Å². The second kappa shape index (κ2) is 7.47. The number of fused-ring (bicyclic) bond motifs is 1. The highest BCUT2D eigenvalue weighted by atomic mass is 35.5. The molecule has 0 bridgehead atoms. The first kappa shape index (κ1) is 17.8. The second-order valence-electron chi connectivity index (χ2n) is 5.94. The zero-order chi connectivity index (χ0) is 16.5. The number of hydrogen-bond donors (Lipinski definition) is 2. The van der Waals surface area contributed by atoms with Crippen LogP contribution in [0.4, 0.5) is 5.69 Å². The van der Waals surface area contributed by atoms with Gasteiger partial charge in [-0.15, -0.1) is 28.8 Å². The minimum absolute atomic E-state index is 0. The van der Waals surface area contributed by atoms with E-state index in [1.54, 1.807) is 16.8 Å². The molecule has 1 saturated heterocycles. The van der Waals surface area contributed by atoms with Crippen molar-refractivity contribution in [1.82, 2.24) is 25.3 Å². The van der Waals surface area contributed by atoms with Crippen LogP contribution < -0.4 is 10.6 Å². The van der Waals surface area contributed by atoms with E-state index in [2.05, 4.69) is 25.9 Å². The monoisotopic (exact) mass is 378 g/mol. The lowest BCUT2D eigenvalue weighted by Gasteiger charge is -2.23. The number of amides is 1. The number of piperidine rings is 1. The molecule has 0 spiro atoms. The summed E-state index contributed by atoms with van der Waals surface area (Å²) in [5.74, 6) is -0.234. The third-order valence-corrected chi connectivity index (χ3v) is 5.20. The fraction of sp³-hybridized carbons (Fsp3) is 0.375. The lowest BCUT2D eigenvalue weighted by Crippen LogP contribution is -2.30. The lowest BCUT2D eigenvalue weighted by atomic mass is 10.1. The number of hydrogen-bond acceptors (Lipinski definition) is 6. The molecule has 7 nitrogen and oxygen atoms in total. The molecule has 9 heteroatoms. The summed E-state index contributed by atoms with van der Waals surface area (Å²) >= 11 is 1.58. The van der Waals surface area contributed by atoms with Crippen molar-refractivity contribution >= 4 is 45.6 Å². The Hall–Kier alpha value is -2.03. The minimum atomic E-state index is -0.234. The van der Waals surface area contributed by atoms with Crippen LogP contribution >= 0.6 is 23.7 Å². The number of benzene rings is 1. The van der Waals surface area contributed by atoms with Gasteiger partial charge in [0.25, 0.3) is 5.91 Å². The third-order valence-electron chi connectivity index (χ3n) is 4.39. The van der Waals surface area contributed by atoms with Crippen molar-refractivity contribution in [2.75, 3.05) is 18.4 Å². The molecule has 1 fully saturated rings. The molecule has 3 aromatic rings. The topological polar surface area (TPSA) is 84.7 Å². The molecule has 1 amide bonds. The van der Waals surface area contributed by atoms with Gasteiger partial charge in [0.2, 0.25) is 0 Å². The van der Waals surface area contributed by atoms with Gasteiger partial charge in [0.05, 0.1) is 27.5 Å². The molecule has 3 heterocycles. The summed E-state index contributed by atoms with van der Waals surface area (Å²) in [5, 5.41) is 14.5. The van der Waals surface area contributed by atoms with Crippen LogP contribution in [0.3, 0.4) is 0 Å². The van der Waals surface area contributed by atoms with Crippen LogP contribution in [0.2, 0.25) is 0 Å². The molecule has 0 atom stereocenters. The Balaban J connectivity index is 0.00000182. The molecule has 4 rings (SSSR count). The van der Waals surface area contributed by atoms with Gasteiger partial charge in [-0.2, -0.15) is 0 Å². The predicted molar refractivity (Wildman–Crippen MR) is 101 cm³/mol. The number of rotatable bonds is 3. The minimum Gasteiger partial charge on any atom is -0.320 e. The van der Waals surface area contributed by atoms with E-state index in [4.69, 9.17) is 0 Å². The summed E-state index contributed by atoms with van der Waals surface area (Å²) < 4.78 is 2.99. The molecule has 132 valence electrons. The van der Waals surface area contributed by atoms with Gasteiger partial charge in [-0.1, -0.05) is 5.21 Å². The van der Waals surface area contributed by atoms with E-state index in [0.29, 0.717) is 17.4 Å². The molecule has 0 aliphatic carbocycles. The van der Waals surface area contributed by atoms with Gasteiger partial charge in [-0.05, 0) is 51.1 Å². The molecule has 0 saturated carbocycles. The van der Waals surface area contributed by atoms with Gasteiger partial charge < -0.3 is 10.6 Å². The van der Waals surface area contributed by atoms with E-state index in [0.717, 1.165) is 41.8 Å². The molecule has 2 N–H and O–H groups in total. The number of anilines is 1. The van der Waals surface area contributed by atoms with Gasteiger partial charge in [0, 0.05) is 5.69 Å². The first-order valence-corrected chi connectivity index (χ1v) is 8.87. The Kier molecular flexibility index (Phi) is 5.31. The Morgan fingerprint density at radius 3 is 2.96 bits per heavy atom. The summed E-state index contributed by atoms with van der Waals surface area (Å²) in [7, 11) is 0. The van der Waals surface area contributed by atoms with Crippen LogP contribution in [0.15, 0.2) is 23.7 Å². The Morgan fingerprint density at radius 1 is 1.36 bits per heavy atom. The van der Waals surface area contributed by atoms with Gasteiger partial charge in [0.15, 0.2) is 5.69 Å². The molecule has 1 aliphatic heterocycles. The maximum Gasteiger partial charge on any atom is 0.278 e. The Labute approximate surface area is 155 Å². The first-order valence-electron chi connectivity index (χ1n) is 7.99. The van der Waals surface area contributed by atoms with Gasteiger partial charge >= 0.3 is 0 Å². The number of nitrogens with one attached hydrogen (secondary N) is 2. The van der Waals surface area contributed by atoms with Crippen molar-refractivity contribution in [1.29, 1.82) is 0 Å². The highest BCUT2D eigenvalue weighted by Gasteiger charge is 2.23. The van der Waals surface area contributed by atoms with E-state index in [-0.39, 0.29) is 18.3 Å². The van der Waals surface area contributed by atoms with Crippen LogP contribution in [0, 0.1) is 6.92 Å². The lowest BCUT2D eigenvalue weighted by molar-refractivity contribution is 0.102. The van der Waals surface area contributed by atoms with Crippen LogP contribution in [-0.2, 0) is 0 Å². The third kappa shape index (κ3) is 3.51. The van der Waals surface area contributed by atoms with Gasteiger partial charge in [-0.25, -0.2) is 9.67 Å². The van der Waals surface area contributed by atoms with Crippen molar-refractivity contribution in [2.45, 2.75) is 25.8 Å². The maximum atomic E-state index is 12.5. The first-order chi connectivity index (χ1) is 11.7. The van der Waals surface area contributed by atoms with E-state index >= 15 is 0 Å². The van der Waals surface area contributed by atoms with Crippen LogP contribution in [0.1, 0.15) is 35.1 Å². The second-order valence-corrected chi connectivity index (χ2v) is 6.82. The van der Waals surface area contributed by atoms with E-state index < -0.39 is 0 Å². The average molecular weight is 379 g/mol. The standard InChI is InChI=1S/C16H18N6OS.ClH/c1-10-15(20-21-22(10)12-4-6-17-7-5-12)16(23)19-11-2-3-14-13(8-11)18-9-24-14;/h2-3,8-9,12,17H,4-7H2,1H3,(H,19,23);1H. The molecule has 0 unspecified atom stereocenters. The summed E-state index contributed by atoms with van der Waals surface area (Å²) in [6, 6.07) is 6.02. The maximum absolute atomic E-state index is 12.5. The number of thiazole rings is 1. The van der Waals surface area contributed by atoms with E-state index in [9.17, 15) is 4.79 Å². The number of aromatic nitrogens is 4. The number of halogens is 1. The average Bonchev–Trinajstić information content (AvgIpc) is 3.21. The van der Waals surface area contributed by atoms with E-state index in [1.807, 2.05) is 29.8 Å². The summed E-state index contributed by atoms with van der Waals surface area (Å²) in [6.45, 7) is 3.85. The van der Waals surface area contributed by atoms with Crippen molar-refractivity contribution in [3.05, 3.63) is 35.1 Å². The number of carbonyl (C=O) groups excluding carboxylic acids is 1. The van der Waals surface area contributed by atoms with Crippen LogP contribution in [0.5, 0.6) is 0 Å². The smallest absolute Gasteiger partial charge is 0.278 e. The number of nitrogens with zero attached hydrogens (tertiary/aromatic N) is 4. The van der Waals surface area contributed by atoms with Gasteiger partial charge in [0.1, 0.15) is 0 Å². The fourth-order valence-electron chi connectivity index (χ4n) is 3.07. The summed E-state index contributed by atoms with van der Waals surface area (Å²) in [6.07, 6.45) is 2.01.